The van der Waals surface area contributed by atoms with Crippen LogP contribution in [0.15, 0.2) is 18.7 Å². The normalized spacial score (nSPS) is 11.1. The molecule has 0 aliphatic carbocycles. The van der Waals surface area contributed by atoms with Gasteiger partial charge in [-0.2, -0.15) is 0 Å². The first-order valence-corrected chi connectivity index (χ1v) is 3.50. The minimum atomic E-state index is 0.524. The van der Waals surface area contributed by atoms with E-state index in [9.17, 15) is 0 Å². The van der Waals surface area contributed by atoms with Crippen LogP contribution >= 0.6 is 8.35 Å². The van der Waals surface area contributed by atoms with Crippen LogP contribution in [0, 0.1) is 0 Å². The molecule has 2 heterocycles. The lowest BCUT2D eigenvalue weighted by molar-refractivity contribution is 1.23. The summed E-state index contributed by atoms with van der Waals surface area (Å²) < 4.78 is 4.05. The minimum absolute atomic E-state index is 0.524. The number of nitrogens with zero attached hydrogens (tertiary/aromatic N) is 3. The van der Waals surface area contributed by atoms with Crippen molar-refractivity contribution in [2.24, 2.45) is 0 Å². The van der Waals surface area contributed by atoms with Crippen molar-refractivity contribution in [1.29, 1.82) is 0 Å². The fourth-order valence-corrected chi connectivity index (χ4v) is 1.39. The molecule has 0 fully saturated rings. The molecule has 4 heteroatoms. The van der Waals surface area contributed by atoms with Gasteiger partial charge in [0.15, 0.2) is 0 Å². The van der Waals surface area contributed by atoms with E-state index in [2.05, 4.69) is 14.7 Å². The number of aromatic nitrogens is 3. The van der Waals surface area contributed by atoms with Crippen LogP contribution in [0.4, 0.5) is 0 Å². The monoisotopic (exact) mass is 137 g/mol. The van der Waals surface area contributed by atoms with Gasteiger partial charge in [0.05, 0.1) is 16.8 Å². The summed E-state index contributed by atoms with van der Waals surface area (Å²) in [6.07, 6.45) is 5.14. The van der Waals surface area contributed by atoms with Crippen molar-refractivity contribution in [2.45, 2.75) is 0 Å². The van der Waals surface area contributed by atoms with Gasteiger partial charge in [0.2, 0.25) is 0 Å². The molecule has 0 saturated carbocycles. The van der Waals surface area contributed by atoms with E-state index >= 15 is 0 Å². The summed E-state index contributed by atoms with van der Waals surface area (Å²) in [5, 5.41) is 1.15. The second kappa shape index (κ2) is 1.78. The lowest BCUT2D eigenvalue weighted by Crippen LogP contribution is -1.71. The Labute approximate surface area is 53.3 Å². The highest BCUT2D eigenvalue weighted by Crippen LogP contribution is 2.16. The van der Waals surface area contributed by atoms with Gasteiger partial charge in [-0.3, -0.25) is 0 Å². The van der Waals surface area contributed by atoms with Crippen LogP contribution < -0.4 is 0 Å². The molecule has 0 aromatic carbocycles. The molecule has 2 aromatic rings. The summed E-state index contributed by atoms with van der Waals surface area (Å²) in [4.78, 5) is 7.88. The third-order valence-electron chi connectivity index (χ3n) is 1.11. The van der Waals surface area contributed by atoms with Gasteiger partial charge in [-0.1, -0.05) is 0 Å². The smallest absolute Gasteiger partial charge is 0.116 e. The molecule has 9 heavy (non-hydrogen) atoms. The average Bonchev–Trinajstić information content (AvgIpc) is 2.33. The maximum atomic E-state index is 4.05. The van der Waals surface area contributed by atoms with E-state index < -0.39 is 0 Å². The number of hydrogen-bond donors (Lipinski definition) is 0. The van der Waals surface area contributed by atoms with Crippen LogP contribution in [0.2, 0.25) is 0 Å². The van der Waals surface area contributed by atoms with E-state index in [-0.39, 0.29) is 0 Å². The molecule has 0 aliphatic rings. The summed E-state index contributed by atoms with van der Waals surface area (Å²) >= 11 is 0. The second-order valence-electron chi connectivity index (χ2n) is 1.69. The van der Waals surface area contributed by atoms with Crippen molar-refractivity contribution >= 4 is 19.0 Å². The largest absolute Gasteiger partial charge is 0.246 e. The van der Waals surface area contributed by atoms with Gasteiger partial charge in [-0.25, -0.2) is 14.7 Å². The predicted molar refractivity (Wildman–Crippen MR) is 36.8 cm³/mol. The number of rotatable bonds is 0. The lowest BCUT2D eigenvalue weighted by atomic mass is 10.5. The predicted octanol–water partition coefficient (Wildman–Crippen LogP) is 1.06. The quantitative estimate of drug-likeness (QED) is 0.544. The van der Waals surface area contributed by atoms with E-state index in [1.807, 2.05) is 6.20 Å². The standard InChI is InChI=1S/C5H4N3P/c1-4-5(9-8-1)2-6-3-7-4/h1-3,9H. The van der Waals surface area contributed by atoms with Crippen molar-refractivity contribution < 1.29 is 0 Å². The van der Waals surface area contributed by atoms with E-state index in [1.54, 1.807) is 12.5 Å². The van der Waals surface area contributed by atoms with Crippen molar-refractivity contribution in [3.8, 4) is 0 Å². The molecule has 2 rings (SSSR count). The molecule has 0 aliphatic heterocycles. The summed E-state index contributed by atoms with van der Waals surface area (Å²) in [6, 6.07) is 0. The highest BCUT2D eigenvalue weighted by Gasteiger charge is 1.90. The first-order valence-electron chi connectivity index (χ1n) is 2.56. The second-order valence-corrected chi connectivity index (χ2v) is 2.71. The zero-order valence-electron chi connectivity index (χ0n) is 4.57. The third-order valence-corrected chi connectivity index (χ3v) is 2.00. The van der Waals surface area contributed by atoms with Gasteiger partial charge in [0.25, 0.3) is 0 Å². The molecule has 44 valence electrons. The lowest BCUT2D eigenvalue weighted by Gasteiger charge is -1.80. The topological polar surface area (TPSA) is 38.7 Å². The minimum Gasteiger partial charge on any atom is -0.246 e. The number of fused-ring (bicyclic) bond motifs is 1. The Hall–Kier alpha value is -0.950. The third kappa shape index (κ3) is 0.698. The van der Waals surface area contributed by atoms with Crippen LogP contribution in [0.5, 0.6) is 0 Å². The molecule has 0 saturated heterocycles. The van der Waals surface area contributed by atoms with Crippen LogP contribution in [-0.4, -0.2) is 14.7 Å². The molecule has 0 bridgehead atoms. The van der Waals surface area contributed by atoms with E-state index in [1.165, 1.54) is 0 Å². The summed E-state index contributed by atoms with van der Waals surface area (Å²) in [6.45, 7) is 0. The molecule has 0 spiro atoms. The first kappa shape index (κ1) is 4.89. The van der Waals surface area contributed by atoms with Crippen LogP contribution in [0.3, 0.4) is 0 Å². The van der Waals surface area contributed by atoms with Crippen molar-refractivity contribution in [2.75, 3.05) is 0 Å². The molecule has 0 N–H and O–H groups in total. The van der Waals surface area contributed by atoms with E-state index in [0.29, 0.717) is 8.35 Å². The maximum absolute atomic E-state index is 4.05. The fraction of sp³-hybridized carbons (Fsp3) is 0. The SMILES string of the molecule is c1ncc2[pH]ncc2n1. The van der Waals surface area contributed by atoms with E-state index in [4.69, 9.17) is 0 Å². The van der Waals surface area contributed by atoms with Gasteiger partial charge < -0.3 is 0 Å². The molecular formula is C5H4N3P. The van der Waals surface area contributed by atoms with Gasteiger partial charge in [0, 0.05) is 6.20 Å². The Balaban J connectivity index is 2.95. The molecule has 0 radical (unpaired) electrons. The molecular weight excluding hydrogens is 133 g/mol. The fourth-order valence-electron chi connectivity index (χ4n) is 0.691. The molecule has 1 atom stereocenters. The summed E-state index contributed by atoms with van der Waals surface area (Å²) in [5.74, 6) is 0. The average molecular weight is 137 g/mol. The molecule has 1 unspecified atom stereocenters. The molecule has 0 amide bonds. The van der Waals surface area contributed by atoms with Gasteiger partial charge >= 0.3 is 0 Å². The van der Waals surface area contributed by atoms with Crippen LogP contribution in [0.1, 0.15) is 0 Å². The Bertz CT molecular complexity index is 286. The van der Waals surface area contributed by atoms with Crippen LogP contribution in [0.25, 0.3) is 10.6 Å². The Morgan fingerprint density at radius 2 is 2.33 bits per heavy atom. The summed E-state index contributed by atoms with van der Waals surface area (Å²) in [5.41, 5.74) is 0.975. The zero-order chi connectivity index (χ0) is 6.10. The van der Waals surface area contributed by atoms with Gasteiger partial charge in [-0.05, 0) is 8.35 Å². The number of hydrogen-bond acceptors (Lipinski definition) is 3. The van der Waals surface area contributed by atoms with Crippen molar-refractivity contribution in [3.63, 3.8) is 0 Å². The van der Waals surface area contributed by atoms with Gasteiger partial charge in [0.1, 0.15) is 6.33 Å². The Morgan fingerprint density at radius 1 is 1.33 bits per heavy atom. The van der Waals surface area contributed by atoms with Gasteiger partial charge in [-0.15, -0.1) is 0 Å². The van der Waals surface area contributed by atoms with Crippen molar-refractivity contribution in [1.82, 2.24) is 14.7 Å². The highest BCUT2D eigenvalue weighted by molar-refractivity contribution is 7.32. The maximum Gasteiger partial charge on any atom is 0.116 e. The highest BCUT2D eigenvalue weighted by atomic mass is 31.0. The summed E-state index contributed by atoms with van der Waals surface area (Å²) in [7, 11) is 0.524. The van der Waals surface area contributed by atoms with E-state index in [0.717, 1.165) is 10.6 Å². The molecule has 3 nitrogen and oxygen atoms in total. The van der Waals surface area contributed by atoms with Crippen LogP contribution in [-0.2, 0) is 0 Å². The Kier molecular flexibility index (Phi) is 0.965. The molecule has 2 aromatic heterocycles. The zero-order valence-corrected chi connectivity index (χ0v) is 5.57. The van der Waals surface area contributed by atoms with Crippen molar-refractivity contribution in [3.05, 3.63) is 18.7 Å². The first-order chi connectivity index (χ1) is 4.47. The Morgan fingerprint density at radius 3 is 3.22 bits per heavy atom.